The third-order valence-corrected chi connectivity index (χ3v) is 5.04. The first-order valence-electron chi connectivity index (χ1n) is 8.88. The number of piperazine rings is 1. The number of allylic oxidation sites excluding steroid dienone is 4. The van der Waals surface area contributed by atoms with Gasteiger partial charge < -0.3 is 9.80 Å². The van der Waals surface area contributed by atoms with Crippen molar-refractivity contribution in [3.8, 4) is 6.07 Å². The molecule has 1 saturated heterocycles. The highest BCUT2D eigenvalue weighted by Crippen LogP contribution is 2.25. The Morgan fingerprint density at radius 1 is 1.19 bits per heavy atom. The van der Waals surface area contributed by atoms with E-state index >= 15 is 0 Å². The molecular weight excluding hydrogens is 386 g/mol. The molecule has 0 aromatic heterocycles. The van der Waals surface area contributed by atoms with Crippen molar-refractivity contribution < 1.29 is 0 Å². The van der Waals surface area contributed by atoms with E-state index in [0.717, 1.165) is 54.0 Å². The van der Waals surface area contributed by atoms with Crippen LogP contribution in [0.1, 0.15) is 31.4 Å². The molecule has 1 aliphatic rings. The van der Waals surface area contributed by atoms with Crippen molar-refractivity contribution in [3.63, 3.8) is 0 Å². The van der Waals surface area contributed by atoms with E-state index in [4.69, 9.17) is 0 Å². The van der Waals surface area contributed by atoms with E-state index in [1.165, 1.54) is 5.57 Å². The number of benzene rings is 1. The monoisotopic (exact) mass is 411 g/mol. The van der Waals surface area contributed by atoms with Crippen molar-refractivity contribution in [2.75, 3.05) is 26.2 Å². The molecule has 0 spiro atoms. The summed E-state index contributed by atoms with van der Waals surface area (Å²) in [5.41, 5.74) is 4.78. The molecule has 0 atom stereocenters. The summed E-state index contributed by atoms with van der Waals surface area (Å²) < 4.78 is 0.908. The number of hydrogen-bond acceptors (Lipinski definition) is 3. The molecular formula is C22H26BrN3. The predicted molar refractivity (Wildman–Crippen MR) is 113 cm³/mol. The number of nitrogens with zero attached hydrogens (tertiary/aromatic N) is 3. The fourth-order valence-electron chi connectivity index (χ4n) is 3.02. The molecule has 1 aromatic rings. The van der Waals surface area contributed by atoms with Gasteiger partial charge in [0.2, 0.25) is 0 Å². The van der Waals surface area contributed by atoms with Crippen molar-refractivity contribution in [1.82, 2.24) is 9.80 Å². The van der Waals surface area contributed by atoms with Crippen LogP contribution >= 0.6 is 15.9 Å². The molecule has 1 heterocycles. The van der Waals surface area contributed by atoms with E-state index in [9.17, 15) is 5.26 Å². The van der Waals surface area contributed by atoms with E-state index < -0.39 is 0 Å². The molecule has 0 saturated carbocycles. The van der Waals surface area contributed by atoms with Crippen LogP contribution in [-0.4, -0.2) is 36.0 Å². The number of hydrogen-bond donors (Lipinski definition) is 0. The smallest absolute Gasteiger partial charge is 0.0999 e. The molecule has 1 aromatic carbocycles. The minimum atomic E-state index is 0.650. The molecule has 0 N–H and O–H groups in total. The van der Waals surface area contributed by atoms with Gasteiger partial charge in [-0.25, -0.2) is 0 Å². The van der Waals surface area contributed by atoms with Crippen LogP contribution in [0.25, 0.3) is 5.70 Å². The lowest BCUT2D eigenvalue weighted by atomic mass is 10.0. The van der Waals surface area contributed by atoms with Gasteiger partial charge in [0.1, 0.15) is 0 Å². The van der Waals surface area contributed by atoms with Gasteiger partial charge >= 0.3 is 0 Å². The average molecular weight is 412 g/mol. The summed E-state index contributed by atoms with van der Waals surface area (Å²) in [4.78, 5) is 4.55. The van der Waals surface area contributed by atoms with Crippen molar-refractivity contribution in [1.29, 1.82) is 5.26 Å². The Balaban J connectivity index is 1.98. The Kier molecular flexibility index (Phi) is 7.29. The zero-order chi connectivity index (χ0) is 19.1. The van der Waals surface area contributed by atoms with Gasteiger partial charge in [-0.2, -0.15) is 5.26 Å². The van der Waals surface area contributed by atoms with Crippen LogP contribution in [0.5, 0.6) is 0 Å². The van der Waals surface area contributed by atoms with Gasteiger partial charge in [-0.3, -0.25) is 0 Å². The second-order valence-corrected chi connectivity index (χ2v) is 7.32. The zero-order valence-corrected chi connectivity index (χ0v) is 17.2. The molecule has 0 bridgehead atoms. The van der Waals surface area contributed by atoms with E-state index in [1.54, 1.807) is 0 Å². The van der Waals surface area contributed by atoms with Crippen LogP contribution in [0.4, 0.5) is 0 Å². The zero-order valence-electron chi connectivity index (χ0n) is 15.6. The minimum absolute atomic E-state index is 0.650. The fraction of sp³-hybridized carbons (Fsp3) is 0.318. The van der Waals surface area contributed by atoms with E-state index in [-0.39, 0.29) is 0 Å². The van der Waals surface area contributed by atoms with Crippen LogP contribution in [0.2, 0.25) is 0 Å². The molecule has 0 amide bonds. The quantitative estimate of drug-likeness (QED) is 0.592. The molecule has 2 rings (SSSR count). The maximum Gasteiger partial charge on any atom is 0.0999 e. The van der Waals surface area contributed by atoms with Crippen molar-refractivity contribution in [3.05, 3.63) is 76.5 Å². The third kappa shape index (κ3) is 5.12. The van der Waals surface area contributed by atoms with Gasteiger partial charge in [0, 0.05) is 47.6 Å². The highest BCUT2D eigenvalue weighted by Gasteiger charge is 2.20. The second kappa shape index (κ2) is 9.45. The van der Waals surface area contributed by atoms with Gasteiger partial charge in [0.05, 0.1) is 11.6 Å². The molecule has 3 nitrogen and oxygen atoms in total. The molecule has 136 valence electrons. The molecule has 0 aliphatic carbocycles. The normalized spacial score (nSPS) is 15.2. The lowest BCUT2D eigenvalue weighted by molar-refractivity contribution is 0.219. The first kappa shape index (κ1) is 20.1. The summed E-state index contributed by atoms with van der Waals surface area (Å²) in [7, 11) is 0. The summed E-state index contributed by atoms with van der Waals surface area (Å²) in [6, 6.07) is 8.02. The first-order chi connectivity index (χ1) is 12.5. The first-order valence-corrected chi connectivity index (χ1v) is 9.68. The lowest BCUT2D eigenvalue weighted by Gasteiger charge is -2.38. The number of nitriles is 1. The van der Waals surface area contributed by atoms with Crippen LogP contribution in [0.15, 0.2) is 65.3 Å². The van der Waals surface area contributed by atoms with E-state index in [0.29, 0.717) is 5.56 Å². The molecule has 26 heavy (non-hydrogen) atoms. The Morgan fingerprint density at radius 2 is 1.85 bits per heavy atom. The summed E-state index contributed by atoms with van der Waals surface area (Å²) in [6.07, 6.45) is 7.47. The van der Waals surface area contributed by atoms with E-state index in [1.807, 2.05) is 18.2 Å². The van der Waals surface area contributed by atoms with Crippen LogP contribution in [0.3, 0.4) is 0 Å². The van der Waals surface area contributed by atoms with E-state index in [2.05, 4.69) is 77.0 Å². The summed E-state index contributed by atoms with van der Waals surface area (Å²) >= 11 is 3.42. The maximum absolute atomic E-state index is 9.38. The third-order valence-electron chi connectivity index (χ3n) is 4.55. The van der Waals surface area contributed by atoms with Crippen LogP contribution in [0, 0.1) is 11.3 Å². The largest absolute Gasteiger partial charge is 0.368 e. The number of halogens is 1. The van der Waals surface area contributed by atoms with Crippen LogP contribution < -0.4 is 0 Å². The average Bonchev–Trinajstić information content (AvgIpc) is 2.65. The second-order valence-electron chi connectivity index (χ2n) is 6.40. The maximum atomic E-state index is 9.38. The molecule has 0 unspecified atom stereocenters. The minimum Gasteiger partial charge on any atom is -0.368 e. The lowest BCUT2D eigenvalue weighted by Crippen LogP contribution is -2.44. The molecule has 1 fully saturated rings. The fourth-order valence-corrected chi connectivity index (χ4v) is 3.38. The van der Waals surface area contributed by atoms with Crippen molar-refractivity contribution >= 4 is 21.6 Å². The van der Waals surface area contributed by atoms with Gasteiger partial charge in [0.25, 0.3) is 0 Å². The number of rotatable bonds is 6. The Labute approximate surface area is 165 Å². The molecule has 4 heteroatoms. The Morgan fingerprint density at radius 3 is 2.46 bits per heavy atom. The SMILES string of the molecule is C=C(/C=C\C(C)=C/CC)N1CCN(C(=C)c2ccc(Br)cc2C#N)CC1. The Hall–Kier alpha value is -2.25. The van der Waals surface area contributed by atoms with Crippen molar-refractivity contribution in [2.45, 2.75) is 20.3 Å². The summed E-state index contributed by atoms with van der Waals surface area (Å²) in [5.74, 6) is 0. The van der Waals surface area contributed by atoms with Gasteiger partial charge in [-0.1, -0.05) is 59.8 Å². The standard InChI is InChI=1S/C22H26BrN3/c1-5-6-17(2)7-8-18(3)25-11-13-26(14-12-25)19(4)22-10-9-21(23)15-20(22)16-24/h6-10,15H,3-5,11-14H2,1-2H3/b8-7-,17-6-. The van der Waals surface area contributed by atoms with Gasteiger partial charge in [-0.15, -0.1) is 0 Å². The summed E-state index contributed by atoms with van der Waals surface area (Å²) in [5, 5.41) is 9.38. The van der Waals surface area contributed by atoms with Gasteiger partial charge in [-0.05, 0) is 31.6 Å². The topological polar surface area (TPSA) is 30.3 Å². The highest BCUT2D eigenvalue weighted by molar-refractivity contribution is 9.10. The molecule has 0 radical (unpaired) electrons. The highest BCUT2D eigenvalue weighted by atomic mass is 79.9. The summed E-state index contributed by atoms with van der Waals surface area (Å²) in [6.45, 7) is 16.2. The predicted octanol–water partition coefficient (Wildman–Crippen LogP) is 5.34. The van der Waals surface area contributed by atoms with Gasteiger partial charge in [0.15, 0.2) is 0 Å². The molecule has 1 aliphatic heterocycles. The van der Waals surface area contributed by atoms with Crippen molar-refractivity contribution in [2.24, 2.45) is 0 Å². The Bertz CT molecular complexity index is 775. The van der Waals surface area contributed by atoms with Crippen LogP contribution in [-0.2, 0) is 0 Å².